The van der Waals surface area contributed by atoms with E-state index >= 15 is 0 Å². The molecule has 0 saturated carbocycles. The summed E-state index contributed by atoms with van der Waals surface area (Å²) in [4.78, 5) is 13.7. The molecule has 1 atom stereocenters. The van der Waals surface area contributed by atoms with Crippen molar-refractivity contribution in [2.75, 3.05) is 20.7 Å². The van der Waals surface area contributed by atoms with E-state index in [0.29, 0.717) is 18.8 Å². The van der Waals surface area contributed by atoms with E-state index in [0.717, 1.165) is 16.7 Å². The third-order valence-electron chi connectivity index (χ3n) is 3.80. The van der Waals surface area contributed by atoms with Crippen LogP contribution in [0.25, 0.3) is 11.1 Å². The number of hydrogen-bond donors (Lipinski definition) is 2. The third kappa shape index (κ3) is 5.47. The molecule has 6 heteroatoms. The summed E-state index contributed by atoms with van der Waals surface area (Å²) in [5, 5.41) is 13.1. The van der Waals surface area contributed by atoms with Crippen LogP contribution in [0.2, 0.25) is 0 Å². The number of ether oxygens (including phenoxy) is 1. The van der Waals surface area contributed by atoms with Crippen molar-refractivity contribution in [1.29, 1.82) is 0 Å². The van der Waals surface area contributed by atoms with E-state index in [-0.39, 0.29) is 17.9 Å². The second kappa shape index (κ2) is 7.89. The molecule has 1 amide bonds. The Morgan fingerprint density at radius 3 is 2.76 bits per heavy atom. The highest BCUT2D eigenvalue weighted by atomic mass is 16.5. The first-order valence-electron chi connectivity index (χ1n) is 8.44. The van der Waals surface area contributed by atoms with Crippen LogP contribution < -0.4 is 10.1 Å². The standard InChI is InChI=1S/C19H28N2O4/c1-19(2,3)20-17(22)7-9-25-16-10-13-12-24-8-6-14(13)15(16)11-18(23)21(4)5/h6,8,10,12,17,20,22H,7,9,11H2,1-5H3. The van der Waals surface area contributed by atoms with E-state index in [9.17, 15) is 9.90 Å². The van der Waals surface area contributed by atoms with Crippen LogP contribution in [0, 0.1) is 0 Å². The first kappa shape index (κ1) is 19.3. The molecule has 0 aromatic heterocycles. The lowest BCUT2D eigenvalue weighted by Gasteiger charge is -2.25. The van der Waals surface area contributed by atoms with Gasteiger partial charge < -0.3 is 19.2 Å². The molecule has 0 fully saturated rings. The number of nitrogens with zero attached hydrogens (tertiary/aromatic N) is 1. The van der Waals surface area contributed by atoms with Gasteiger partial charge in [-0.1, -0.05) is 0 Å². The zero-order valence-corrected chi connectivity index (χ0v) is 15.6. The Bertz CT molecular complexity index is 673. The fourth-order valence-corrected chi connectivity index (χ4v) is 2.60. The van der Waals surface area contributed by atoms with Gasteiger partial charge >= 0.3 is 0 Å². The number of aliphatic hydroxyl groups excluding tert-OH is 1. The number of hydrogen-bond acceptors (Lipinski definition) is 5. The van der Waals surface area contributed by atoms with Gasteiger partial charge in [0.2, 0.25) is 5.91 Å². The average molecular weight is 348 g/mol. The van der Waals surface area contributed by atoms with Crippen LogP contribution in [0.1, 0.15) is 32.8 Å². The van der Waals surface area contributed by atoms with Crippen molar-refractivity contribution in [3.63, 3.8) is 0 Å². The number of rotatable bonds is 7. The van der Waals surface area contributed by atoms with Crippen LogP contribution in [0.5, 0.6) is 5.75 Å². The van der Waals surface area contributed by atoms with E-state index in [4.69, 9.17) is 9.15 Å². The topological polar surface area (TPSA) is 74.9 Å². The molecule has 0 saturated heterocycles. The second-order valence-electron chi connectivity index (χ2n) is 7.43. The van der Waals surface area contributed by atoms with E-state index in [2.05, 4.69) is 5.32 Å². The molecular weight excluding hydrogens is 320 g/mol. The highest BCUT2D eigenvalue weighted by Gasteiger charge is 2.21. The quantitative estimate of drug-likeness (QED) is 0.752. The van der Waals surface area contributed by atoms with Gasteiger partial charge in [-0.2, -0.15) is 0 Å². The molecule has 2 rings (SSSR count). The van der Waals surface area contributed by atoms with Gasteiger partial charge in [-0.15, -0.1) is 0 Å². The highest BCUT2D eigenvalue weighted by molar-refractivity contribution is 5.85. The van der Waals surface area contributed by atoms with Crippen LogP contribution in [-0.4, -0.2) is 48.4 Å². The molecule has 1 heterocycles. The fourth-order valence-electron chi connectivity index (χ4n) is 2.60. The fraction of sp³-hybridized carbons (Fsp3) is 0.526. The molecule has 1 unspecified atom stereocenters. The van der Waals surface area contributed by atoms with Crippen molar-refractivity contribution in [3.05, 3.63) is 30.2 Å². The minimum Gasteiger partial charge on any atom is -0.493 e. The van der Waals surface area contributed by atoms with Gasteiger partial charge in [0.05, 0.1) is 25.6 Å². The lowest BCUT2D eigenvalue weighted by Crippen LogP contribution is -2.44. The number of carbonyl (C=O) groups excluding carboxylic acids is 1. The van der Waals surface area contributed by atoms with Crippen LogP contribution in [0.15, 0.2) is 29.1 Å². The molecule has 1 aliphatic carbocycles. The van der Waals surface area contributed by atoms with Crippen LogP contribution in [-0.2, 0) is 11.2 Å². The maximum atomic E-state index is 12.1. The van der Waals surface area contributed by atoms with Crippen molar-refractivity contribution in [3.8, 4) is 16.9 Å². The lowest BCUT2D eigenvalue weighted by atomic mass is 10.1. The van der Waals surface area contributed by atoms with E-state index in [1.165, 1.54) is 0 Å². The zero-order chi connectivity index (χ0) is 18.6. The molecule has 25 heavy (non-hydrogen) atoms. The second-order valence-corrected chi connectivity index (χ2v) is 7.43. The summed E-state index contributed by atoms with van der Waals surface area (Å²) in [6.07, 6.45) is 3.29. The van der Waals surface area contributed by atoms with Crippen molar-refractivity contribution >= 4 is 5.91 Å². The Balaban J connectivity index is 2.09. The Kier molecular flexibility index (Phi) is 6.08. The largest absolute Gasteiger partial charge is 0.493 e. The first-order chi connectivity index (χ1) is 11.7. The lowest BCUT2D eigenvalue weighted by molar-refractivity contribution is -0.127. The Morgan fingerprint density at radius 2 is 2.12 bits per heavy atom. The number of nitrogens with one attached hydrogen (secondary N) is 1. The van der Waals surface area contributed by atoms with E-state index in [1.807, 2.05) is 32.9 Å². The van der Waals surface area contributed by atoms with Crippen molar-refractivity contribution in [2.45, 2.75) is 45.4 Å². The number of carbonyl (C=O) groups is 1. The molecule has 0 aromatic rings. The van der Waals surface area contributed by atoms with E-state index in [1.54, 1.807) is 31.5 Å². The van der Waals surface area contributed by atoms with Crippen molar-refractivity contribution in [1.82, 2.24) is 10.2 Å². The molecule has 6 nitrogen and oxygen atoms in total. The number of amides is 1. The van der Waals surface area contributed by atoms with Crippen LogP contribution >= 0.6 is 0 Å². The summed E-state index contributed by atoms with van der Waals surface area (Å²) in [6.45, 7) is 6.33. The molecule has 0 bridgehead atoms. The van der Waals surface area contributed by atoms with Crippen molar-refractivity contribution < 1.29 is 19.1 Å². The van der Waals surface area contributed by atoms with Crippen LogP contribution in [0.3, 0.4) is 0 Å². The number of likely N-dealkylation sites (N-methyl/N-ethyl adjacent to an activating group) is 1. The molecule has 0 aromatic carbocycles. The molecular formula is C19H28N2O4. The van der Waals surface area contributed by atoms with Gasteiger partial charge in [-0.3, -0.25) is 10.1 Å². The maximum Gasteiger partial charge on any atom is 0.226 e. The summed E-state index contributed by atoms with van der Waals surface area (Å²) in [5.74, 6) is 0.669. The predicted octanol–water partition coefficient (Wildman–Crippen LogP) is 2.49. The summed E-state index contributed by atoms with van der Waals surface area (Å²) in [7, 11) is 3.47. The summed E-state index contributed by atoms with van der Waals surface area (Å²) in [5.41, 5.74) is 2.53. The van der Waals surface area contributed by atoms with Crippen LogP contribution in [0.4, 0.5) is 0 Å². The maximum absolute atomic E-state index is 12.1. The Hall–Kier alpha value is -2.05. The molecule has 2 N–H and O–H groups in total. The van der Waals surface area contributed by atoms with Gasteiger partial charge in [-0.25, -0.2) is 0 Å². The molecule has 138 valence electrons. The van der Waals surface area contributed by atoms with Gasteiger partial charge in [0.15, 0.2) is 0 Å². The normalized spacial score (nSPS) is 13.0. The predicted molar refractivity (Wildman–Crippen MR) is 96.7 cm³/mol. The summed E-state index contributed by atoms with van der Waals surface area (Å²) < 4.78 is 11.1. The SMILES string of the molecule is CN(C)C(=O)Cc1c(OCCC(O)NC(C)(C)C)cc2coccc1-2. The third-order valence-corrected chi connectivity index (χ3v) is 3.80. The van der Waals surface area contributed by atoms with Gasteiger partial charge in [0, 0.05) is 37.2 Å². The Labute approximate surface area is 149 Å². The van der Waals surface area contributed by atoms with E-state index < -0.39 is 6.23 Å². The Morgan fingerprint density at radius 1 is 1.40 bits per heavy atom. The first-order valence-corrected chi connectivity index (χ1v) is 8.44. The smallest absolute Gasteiger partial charge is 0.226 e. The van der Waals surface area contributed by atoms with Crippen molar-refractivity contribution in [2.24, 2.45) is 0 Å². The zero-order valence-electron chi connectivity index (χ0n) is 15.6. The highest BCUT2D eigenvalue weighted by Crippen LogP contribution is 2.37. The summed E-state index contributed by atoms with van der Waals surface area (Å²) >= 11 is 0. The minimum absolute atomic E-state index is 0.00701. The molecule has 1 aliphatic heterocycles. The molecule has 0 radical (unpaired) electrons. The van der Waals surface area contributed by atoms with Gasteiger partial charge in [0.1, 0.15) is 12.0 Å². The summed E-state index contributed by atoms with van der Waals surface area (Å²) in [6, 6.07) is 3.72. The number of fused-ring (bicyclic) bond motifs is 1. The minimum atomic E-state index is -0.647. The van der Waals surface area contributed by atoms with Gasteiger partial charge in [-0.05, 0) is 38.5 Å². The monoisotopic (exact) mass is 348 g/mol. The molecule has 0 spiro atoms. The molecule has 2 aliphatic rings. The van der Waals surface area contributed by atoms with Gasteiger partial charge in [0.25, 0.3) is 0 Å². The average Bonchev–Trinajstić information content (AvgIpc) is 2.83. The number of aliphatic hydroxyl groups is 1.